The van der Waals surface area contributed by atoms with E-state index in [4.69, 9.17) is 0 Å². The van der Waals surface area contributed by atoms with Crippen LogP contribution >= 0.6 is 0 Å². The predicted molar refractivity (Wildman–Crippen MR) is 133 cm³/mol. The molecule has 1 aliphatic carbocycles. The summed E-state index contributed by atoms with van der Waals surface area (Å²) in [7, 11) is 1.50. The van der Waals surface area contributed by atoms with Crippen molar-refractivity contribution in [1.82, 2.24) is 10.2 Å². The van der Waals surface area contributed by atoms with Gasteiger partial charge in [0, 0.05) is 31.7 Å². The number of piperidine rings is 1. The van der Waals surface area contributed by atoms with Gasteiger partial charge >= 0.3 is 0 Å². The van der Waals surface area contributed by atoms with E-state index in [1.54, 1.807) is 17.0 Å². The van der Waals surface area contributed by atoms with Gasteiger partial charge in [-0.1, -0.05) is 54.6 Å². The first-order valence-electron chi connectivity index (χ1n) is 12.2. The number of nitrogens with zero attached hydrogens (tertiary/aromatic N) is 2. The Bertz CT molecular complexity index is 1330. The molecule has 3 aliphatic rings. The molecular weight excluding hydrogens is 442 g/mol. The Labute approximate surface area is 204 Å². The smallest absolute Gasteiger partial charge is 0.264 e. The van der Waals surface area contributed by atoms with E-state index in [1.807, 2.05) is 30.3 Å². The van der Waals surface area contributed by atoms with Gasteiger partial charge in [0.25, 0.3) is 5.91 Å². The summed E-state index contributed by atoms with van der Waals surface area (Å²) in [5.74, 6) is -0.810. The van der Waals surface area contributed by atoms with E-state index in [1.165, 1.54) is 7.05 Å². The van der Waals surface area contributed by atoms with E-state index < -0.39 is 17.6 Å². The Morgan fingerprint density at radius 1 is 1.03 bits per heavy atom. The van der Waals surface area contributed by atoms with Crippen molar-refractivity contribution in [3.05, 3.63) is 77.4 Å². The van der Waals surface area contributed by atoms with E-state index in [-0.39, 0.29) is 24.4 Å². The van der Waals surface area contributed by atoms with Crippen molar-refractivity contribution in [3.63, 3.8) is 0 Å². The molecule has 0 spiro atoms. The number of carbonyl (C=O) groups excluding carboxylic acids is 2. The summed E-state index contributed by atoms with van der Waals surface area (Å²) in [5.41, 5.74) is 1.46. The topological polar surface area (TPSA) is 93.1 Å². The molecule has 1 saturated heterocycles. The van der Waals surface area contributed by atoms with Gasteiger partial charge in [-0.3, -0.25) is 14.5 Å². The molecule has 1 fully saturated rings. The van der Waals surface area contributed by atoms with E-state index in [0.717, 1.165) is 35.0 Å². The molecule has 0 aromatic heterocycles. The van der Waals surface area contributed by atoms with Gasteiger partial charge in [0.1, 0.15) is 0 Å². The Kier molecular flexibility index (Phi) is 5.18. The van der Waals surface area contributed by atoms with E-state index in [9.17, 15) is 19.8 Å². The van der Waals surface area contributed by atoms with Crippen LogP contribution in [0, 0.1) is 0 Å². The number of hydrogen-bond acceptors (Lipinski definition) is 5. The van der Waals surface area contributed by atoms with Crippen LogP contribution in [0.25, 0.3) is 10.8 Å². The van der Waals surface area contributed by atoms with Crippen LogP contribution in [0.5, 0.6) is 0 Å². The van der Waals surface area contributed by atoms with E-state index in [2.05, 4.69) is 28.4 Å². The lowest BCUT2D eigenvalue weighted by Gasteiger charge is -2.41. The fourth-order valence-electron chi connectivity index (χ4n) is 6.36. The van der Waals surface area contributed by atoms with Gasteiger partial charge in [-0.25, -0.2) is 0 Å². The van der Waals surface area contributed by atoms with Gasteiger partial charge in [-0.05, 0) is 40.8 Å². The molecular formula is C28H29N3O4. The molecule has 7 heteroatoms. The number of benzene rings is 3. The summed E-state index contributed by atoms with van der Waals surface area (Å²) in [4.78, 5) is 29.7. The molecule has 0 radical (unpaired) electrons. The average Bonchev–Trinajstić information content (AvgIpc) is 3.29. The summed E-state index contributed by atoms with van der Waals surface area (Å²) in [5, 5.41) is 27.4. The molecule has 2 aliphatic heterocycles. The third-order valence-electron chi connectivity index (χ3n) is 8.04. The highest BCUT2D eigenvalue weighted by Crippen LogP contribution is 2.49. The Morgan fingerprint density at radius 3 is 2.43 bits per heavy atom. The quantitative estimate of drug-likeness (QED) is 0.544. The molecule has 2 amide bonds. The third-order valence-corrected chi connectivity index (χ3v) is 8.04. The van der Waals surface area contributed by atoms with Crippen molar-refractivity contribution in [2.24, 2.45) is 0 Å². The van der Waals surface area contributed by atoms with Gasteiger partial charge in [0.15, 0.2) is 5.60 Å². The first kappa shape index (κ1) is 22.2. The number of anilines is 1. The van der Waals surface area contributed by atoms with Crippen LogP contribution in [0.1, 0.15) is 48.1 Å². The van der Waals surface area contributed by atoms with Crippen molar-refractivity contribution in [2.75, 3.05) is 25.0 Å². The second-order valence-electron chi connectivity index (χ2n) is 9.85. The highest BCUT2D eigenvalue weighted by molar-refractivity contribution is 6.09. The maximum atomic E-state index is 13.5. The van der Waals surface area contributed by atoms with Crippen molar-refractivity contribution < 1.29 is 19.8 Å². The van der Waals surface area contributed by atoms with Crippen LogP contribution < -0.4 is 10.2 Å². The lowest BCUT2D eigenvalue weighted by Crippen LogP contribution is -2.51. The Balaban J connectivity index is 1.25. The minimum absolute atomic E-state index is 0.0877. The first-order valence-corrected chi connectivity index (χ1v) is 12.2. The third kappa shape index (κ3) is 3.22. The maximum Gasteiger partial charge on any atom is 0.264 e. The molecule has 7 nitrogen and oxygen atoms in total. The fourth-order valence-corrected chi connectivity index (χ4v) is 6.36. The van der Waals surface area contributed by atoms with Gasteiger partial charge in [-0.2, -0.15) is 0 Å². The highest BCUT2D eigenvalue weighted by Gasteiger charge is 2.53. The second-order valence-corrected chi connectivity index (χ2v) is 9.85. The van der Waals surface area contributed by atoms with Crippen LogP contribution in [-0.4, -0.2) is 53.1 Å². The molecule has 0 bridgehead atoms. The van der Waals surface area contributed by atoms with Gasteiger partial charge in [0.2, 0.25) is 5.91 Å². The zero-order valence-electron chi connectivity index (χ0n) is 19.6. The van der Waals surface area contributed by atoms with E-state index >= 15 is 0 Å². The molecule has 180 valence electrons. The number of fused-ring (bicyclic) bond motifs is 1. The number of hydrogen-bond donors (Lipinski definition) is 3. The van der Waals surface area contributed by atoms with Gasteiger partial charge < -0.3 is 20.4 Å². The monoisotopic (exact) mass is 471 g/mol. The summed E-state index contributed by atoms with van der Waals surface area (Å²) in [6, 6.07) is 19.4. The minimum atomic E-state index is -1.85. The first-order chi connectivity index (χ1) is 16.9. The van der Waals surface area contributed by atoms with Crippen molar-refractivity contribution in [3.8, 4) is 0 Å². The summed E-state index contributed by atoms with van der Waals surface area (Å²) in [6.07, 6.45) is 0.544. The minimum Gasteiger partial charge on any atom is -0.386 e. The number of nitrogens with one attached hydrogen (secondary N) is 1. The molecule has 0 saturated carbocycles. The van der Waals surface area contributed by atoms with Crippen molar-refractivity contribution in [1.29, 1.82) is 0 Å². The van der Waals surface area contributed by atoms with Crippen LogP contribution in [0.3, 0.4) is 0 Å². The number of amides is 2. The van der Waals surface area contributed by atoms with Crippen LogP contribution in [0.4, 0.5) is 5.69 Å². The molecule has 3 atom stereocenters. The van der Waals surface area contributed by atoms with E-state index in [0.29, 0.717) is 24.1 Å². The largest absolute Gasteiger partial charge is 0.386 e. The molecule has 3 aromatic carbocycles. The highest BCUT2D eigenvalue weighted by atomic mass is 16.3. The number of aliphatic hydroxyl groups excluding tert-OH is 1. The van der Waals surface area contributed by atoms with Gasteiger partial charge in [-0.15, -0.1) is 0 Å². The summed E-state index contributed by atoms with van der Waals surface area (Å²) >= 11 is 0. The second kappa shape index (κ2) is 8.16. The van der Waals surface area contributed by atoms with Crippen LogP contribution in [0.15, 0.2) is 60.7 Å². The molecule has 3 N–H and O–H groups in total. The standard InChI is InChI=1S/C28H29N3O4/c1-29-23(32)16-28(35)21-10-2-3-11-22(21)31(27(28)34)18-12-14-30(15-13-18)25-19-8-4-6-17-7-5-9-20(24(17)19)26(25)33/h2-11,18,25-26,33,35H,12-16H2,1H3,(H,29,32)/t25?,26-,28-/m0/s1. The van der Waals surface area contributed by atoms with Crippen molar-refractivity contribution >= 4 is 28.3 Å². The lowest BCUT2D eigenvalue weighted by molar-refractivity contribution is -0.143. The lowest BCUT2D eigenvalue weighted by atomic mass is 9.91. The molecule has 6 rings (SSSR count). The van der Waals surface area contributed by atoms with Crippen molar-refractivity contribution in [2.45, 2.75) is 43.1 Å². The molecule has 1 unspecified atom stereocenters. The summed E-state index contributed by atoms with van der Waals surface area (Å²) < 4.78 is 0. The molecule has 35 heavy (non-hydrogen) atoms. The van der Waals surface area contributed by atoms with Gasteiger partial charge in [0.05, 0.1) is 24.3 Å². The maximum absolute atomic E-state index is 13.5. The number of carbonyl (C=O) groups is 2. The average molecular weight is 472 g/mol. The number of aliphatic hydroxyl groups is 2. The van der Waals surface area contributed by atoms with Crippen LogP contribution in [-0.2, 0) is 15.2 Å². The number of rotatable bonds is 4. The molecule has 3 aromatic rings. The SMILES string of the molecule is CNC(=O)C[C@@]1(O)C(=O)N(C2CCN(C3c4cccc5cccc(c45)[C@@H]3O)CC2)c2ccccc21. The molecule has 2 heterocycles. The Morgan fingerprint density at radius 2 is 1.71 bits per heavy atom. The fraction of sp³-hybridized carbons (Fsp3) is 0.357. The predicted octanol–water partition coefficient (Wildman–Crippen LogP) is 2.76. The number of para-hydroxylation sites is 1. The van der Waals surface area contributed by atoms with Crippen LogP contribution in [0.2, 0.25) is 0 Å². The Hall–Kier alpha value is -3.26. The summed E-state index contributed by atoms with van der Waals surface area (Å²) in [6.45, 7) is 1.44. The zero-order chi connectivity index (χ0) is 24.3. The normalized spacial score (nSPS) is 26.4. The zero-order valence-corrected chi connectivity index (χ0v) is 19.6. The number of likely N-dealkylation sites (tertiary alicyclic amines) is 1.